The molecular weight excluding hydrogens is 472 g/mol. The Morgan fingerprint density at radius 2 is 1.86 bits per heavy atom. The van der Waals surface area contributed by atoms with Crippen molar-refractivity contribution in [2.45, 2.75) is 19.4 Å². The number of anilines is 1. The molecule has 0 radical (unpaired) electrons. The van der Waals surface area contributed by atoms with E-state index in [0.29, 0.717) is 10.7 Å². The number of amides is 1. The van der Waals surface area contributed by atoms with E-state index in [4.69, 9.17) is 16.0 Å². The maximum atomic E-state index is 13.1. The lowest BCUT2D eigenvalue weighted by Gasteiger charge is -2.25. The van der Waals surface area contributed by atoms with Crippen LogP contribution in [0.15, 0.2) is 75.0 Å². The predicted molar refractivity (Wildman–Crippen MR) is 130 cm³/mol. The monoisotopic (exact) mass is 490 g/mol. The summed E-state index contributed by atoms with van der Waals surface area (Å²) >= 11 is 5.92. The van der Waals surface area contributed by atoms with Crippen LogP contribution in [0.2, 0.25) is 5.02 Å². The van der Waals surface area contributed by atoms with Crippen LogP contribution in [-0.4, -0.2) is 31.6 Å². The summed E-state index contributed by atoms with van der Waals surface area (Å²) in [5, 5.41) is 28.0. The van der Waals surface area contributed by atoms with Crippen molar-refractivity contribution in [2.75, 3.05) is 5.32 Å². The highest BCUT2D eigenvalue weighted by Crippen LogP contribution is 2.37. The Hall–Kier alpha value is -4.37. The Morgan fingerprint density at radius 3 is 2.54 bits per heavy atom. The third-order valence-corrected chi connectivity index (χ3v) is 5.91. The topological polar surface area (TPSA) is 130 Å². The van der Waals surface area contributed by atoms with Crippen LogP contribution in [0.1, 0.15) is 39.7 Å². The van der Waals surface area contributed by atoms with Gasteiger partial charge in [0.05, 0.1) is 18.0 Å². The Kier molecular flexibility index (Phi) is 5.62. The number of carbonyl (C=O) groups excluding carboxylic acids is 1. The lowest BCUT2D eigenvalue weighted by atomic mass is 9.96. The largest absolute Gasteiger partial charge is 0.508 e. The van der Waals surface area contributed by atoms with Gasteiger partial charge in [0.2, 0.25) is 0 Å². The highest BCUT2D eigenvalue weighted by Gasteiger charge is 2.32. The molecule has 0 saturated heterocycles. The van der Waals surface area contributed by atoms with Gasteiger partial charge in [0.1, 0.15) is 28.4 Å². The summed E-state index contributed by atoms with van der Waals surface area (Å²) < 4.78 is 6.78. The van der Waals surface area contributed by atoms with E-state index in [0.717, 1.165) is 5.56 Å². The number of aryl methyl sites for hydroxylation is 1. The van der Waals surface area contributed by atoms with Crippen molar-refractivity contribution in [3.05, 3.63) is 98.7 Å². The Labute approximate surface area is 203 Å². The smallest absolute Gasteiger partial charge is 0.348 e. The molecule has 0 saturated carbocycles. The second-order valence-corrected chi connectivity index (χ2v) is 8.50. The van der Waals surface area contributed by atoms with E-state index in [2.05, 4.69) is 15.4 Å². The number of phenolic OH excluding ortho intramolecular Hbond substituents is 1. The van der Waals surface area contributed by atoms with E-state index >= 15 is 0 Å². The van der Waals surface area contributed by atoms with Crippen LogP contribution in [0.4, 0.5) is 11.5 Å². The van der Waals surface area contributed by atoms with E-state index in [1.54, 1.807) is 48.0 Å². The average molecular weight is 491 g/mol. The quantitative estimate of drug-likeness (QED) is 0.384. The van der Waals surface area contributed by atoms with Crippen molar-refractivity contribution in [3.8, 4) is 11.5 Å². The zero-order valence-electron chi connectivity index (χ0n) is 18.4. The van der Waals surface area contributed by atoms with Crippen LogP contribution in [0.3, 0.4) is 0 Å². The van der Waals surface area contributed by atoms with Crippen LogP contribution in [0, 0.1) is 6.92 Å². The molecule has 2 aromatic heterocycles. The lowest BCUT2D eigenvalue weighted by molar-refractivity contribution is 0.102. The summed E-state index contributed by atoms with van der Waals surface area (Å²) in [6.45, 7) is 1.56. The number of hydrogen-bond acceptors (Lipinski definition) is 7. The molecule has 176 valence electrons. The number of rotatable bonds is 4. The maximum absolute atomic E-state index is 13.1. The van der Waals surface area contributed by atoms with E-state index in [1.165, 1.54) is 24.4 Å². The maximum Gasteiger partial charge on any atom is 0.348 e. The first-order valence-electron chi connectivity index (χ1n) is 10.6. The van der Waals surface area contributed by atoms with E-state index in [9.17, 15) is 19.8 Å². The molecule has 4 aromatic rings. The number of hydrogen-bond donors (Lipinski definition) is 3. The fourth-order valence-electron chi connectivity index (χ4n) is 4.01. The summed E-state index contributed by atoms with van der Waals surface area (Å²) in [4.78, 5) is 30.3. The second kappa shape index (κ2) is 8.77. The number of fused-ring (bicyclic) bond motifs is 1. The zero-order chi connectivity index (χ0) is 24.7. The van der Waals surface area contributed by atoms with Crippen molar-refractivity contribution in [1.29, 1.82) is 0 Å². The van der Waals surface area contributed by atoms with Gasteiger partial charge >= 0.3 is 5.63 Å². The summed E-state index contributed by atoms with van der Waals surface area (Å²) in [7, 11) is 0. The molecule has 0 aliphatic carbocycles. The third-order valence-electron chi connectivity index (χ3n) is 5.66. The van der Waals surface area contributed by atoms with Gasteiger partial charge in [-0.15, -0.1) is 0 Å². The average Bonchev–Trinajstić information content (AvgIpc) is 3.24. The van der Waals surface area contributed by atoms with E-state index in [1.807, 2.05) is 0 Å². The normalized spacial score (nSPS) is 14.8. The molecule has 1 aliphatic rings. The molecule has 0 bridgehead atoms. The van der Waals surface area contributed by atoms with Gasteiger partial charge in [0.15, 0.2) is 5.82 Å². The highest BCUT2D eigenvalue weighted by molar-refractivity contribution is 6.30. The molecule has 9 nitrogen and oxygen atoms in total. The standard InChI is InChI=1S/C25H19ClN4O5/c1-13-10-21(32)22(25(34)35-13)19-11-20(14-2-8-17(31)9-3-14)30-23(29-19)18(12-27-30)24(33)28-16-6-4-15(26)5-7-16/h2-10,12,20,31-32H,11H2,1H3,(H,28,33)/t20-/m1/s1. The number of nitrogens with one attached hydrogen (secondary N) is 1. The van der Waals surface area contributed by atoms with Gasteiger partial charge in [0.25, 0.3) is 5.91 Å². The number of aliphatic imine (C=N–C) groups is 1. The first-order chi connectivity index (χ1) is 16.8. The van der Waals surface area contributed by atoms with Crippen LogP contribution in [-0.2, 0) is 0 Å². The molecule has 0 spiro atoms. The minimum Gasteiger partial charge on any atom is -0.508 e. The van der Waals surface area contributed by atoms with Gasteiger partial charge in [-0.2, -0.15) is 5.10 Å². The van der Waals surface area contributed by atoms with Gasteiger partial charge in [-0.3, -0.25) is 4.79 Å². The predicted octanol–water partition coefficient (Wildman–Crippen LogP) is 4.58. The minimum absolute atomic E-state index is 0.0733. The molecule has 0 fully saturated rings. The molecule has 1 amide bonds. The number of aromatic hydroxyl groups is 2. The number of benzene rings is 2. The summed E-state index contributed by atoms with van der Waals surface area (Å²) in [5.74, 6) is -0.143. The molecular formula is C25H19ClN4O5. The van der Waals surface area contributed by atoms with Crippen LogP contribution in [0.25, 0.3) is 0 Å². The van der Waals surface area contributed by atoms with Crippen LogP contribution in [0.5, 0.6) is 11.5 Å². The Balaban J connectivity index is 1.62. The zero-order valence-corrected chi connectivity index (χ0v) is 19.2. The van der Waals surface area contributed by atoms with Crippen molar-refractivity contribution >= 4 is 34.7 Å². The highest BCUT2D eigenvalue weighted by atomic mass is 35.5. The second-order valence-electron chi connectivity index (χ2n) is 8.06. The molecule has 5 rings (SSSR count). The fourth-order valence-corrected chi connectivity index (χ4v) is 4.13. The van der Waals surface area contributed by atoms with Gasteiger partial charge in [-0.25, -0.2) is 14.5 Å². The molecule has 0 unspecified atom stereocenters. The number of nitrogens with zero attached hydrogens (tertiary/aromatic N) is 3. The van der Waals surface area contributed by atoms with Crippen molar-refractivity contribution in [2.24, 2.45) is 4.99 Å². The molecule has 3 N–H and O–H groups in total. The lowest BCUT2D eigenvalue weighted by Crippen LogP contribution is -2.25. The molecule has 3 heterocycles. The van der Waals surface area contributed by atoms with Crippen LogP contribution >= 0.6 is 11.6 Å². The fraction of sp³-hybridized carbons (Fsp3) is 0.120. The SMILES string of the molecule is Cc1cc(O)c(C2=Nc3c(C(=O)Nc4ccc(Cl)cc4)cnn3[C@@H](c3ccc(O)cc3)C2)c(=O)o1. The van der Waals surface area contributed by atoms with Crippen molar-refractivity contribution in [3.63, 3.8) is 0 Å². The van der Waals surface area contributed by atoms with Gasteiger partial charge in [0, 0.05) is 23.2 Å². The summed E-state index contributed by atoms with van der Waals surface area (Å²) in [6.07, 6.45) is 1.59. The van der Waals surface area contributed by atoms with E-state index in [-0.39, 0.29) is 46.3 Å². The number of carbonyl (C=O) groups is 1. The first kappa shape index (κ1) is 22.4. The number of aromatic nitrogens is 2. The van der Waals surface area contributed by atoms with Gasteiger partial charge in [-0.1, -0.05) is 23.7 Å². The van der Waals surface area contributed by atoms with Crippen molar-refractivity contribution in [1.82, 2.24) is 9.78 Å². The molecule has 35 heavy (non-hydrogen) atoms. The molecule has 2 aromatic carbocycles. The van der Waals surface area contributed by atoms with Gasteiger partial charge in [-0.05, 0) is 48.9 Å². The van der Waals surface area contributed by atoms with E-state index < -0.39 is 17.6 Å². The summed E-state index contributed by atoms with van der Waals surface area (Å²) in [6, 6.07) is 14.0. The number of phenols is 1. The molecule has 1 aliphatic heterocycles. The third kappa shape index (κ3) is 4.29. The first-order valence-corrected chi connectivity index (χ1v) is 11.0. The number of halogens is 1. The summed E-state index contributed by atoms with van der Waals surface area (Å²) in [5.41, 5.74) is 0.924. The van der Waals surface area contributed by atoms with Gasteiger partial charge < -0.3 is 19.9 Å². The minimum atomic E-state index is -0.731. The Bertz CT molecular complexity index is 1520. The molecule has 10 heteroatoms. The van der Waals surface area contributed by atoms with Crippen LogP contribution < -0.4 is 10.9 Å². The van der Waals surface area contributed by atoms with Crippen molar-refractivity contribution < 1.29 is 19.4 Å². The molecule has 1 atom stereocenters. The Morgan fingerprint density at radius 1 is 1.14 bits per heavy atom.